The number of esters is 2. The zero-order valence-corrected chi connectivity index (χ0v) is 31.4. The van der Waals surface area contributed by atoms with E-state index in [0.29, 0.717) is 25.9 Å². The van der Waals surface area contributed by atoms with Gasteiger partial charge in [-0.3, -0.25) is 19.3 Å². The zero-order chi connectivity index (χ0) is 34.2. The maximum absolute atomic E-state index is 12.9. The Labute approximate surface area is 288 Å². The first-order valence-electron chi connectivity index (χ1n) is 19.7. The molecule has 278 valence electrons. The maximum Gasteiger partial charge on any atom is 0.337 e. The number of aliphatic hydroxyl groups is 1. The normalized spacial score (nSPS) is 16.4. The van der Waals surface area contributed by atoms with Gasteiger partial charge in [0.1, 0.15) is 19.3 Å². The van der Waals surface area contributed by atoms with Gasteiger partial charge >= 0.3 is 11.9 Å². The van der Waals surface area contributed by atoms with Crippen molar-refractivity contribution in [2.75, 3.05) is 26.3 Å². The molecule has 2 N–H and O–H groups in total. The van der Waals surface area contributed by atoms with Crippen LogP contribution in [-0.4, -0.2) is 60.4 Å². The molecule has 47 heavy (non-hydrogen) atoms. The van der Waals surface area contributed by atoms with Gasteiger partial charge in [0.15, 0.2) is 6.10 Å². The molecule has 3 atom stereocenters. The Morgan fingerprint density at radius 1 is 0.660 bits per heavy atom. The molecule has 9 nitrogen and oxygen atoms in total. The summed E-state index contributed by atoms with van der Waals surface area (Å²) in [4.78, 5) is 32.1. The topological polar surface area (TPSA) is 114 Å². The van der Waals surface area contributed by atoms with Gasteiger partial charge in [0.05, 0.1) is 0 Å². The van der Waals surface area contributed by atoms with E-state index in [-0.39, 0.29) is 19.2 Å². The van der Waals surface area contributed by atoms with Crippen LogP contribution in [0.25, 0.3) is 0 Å². The van der Waals surface area contributed by atoms with Crippen molar-refractivity contribution in [1.29, 1.82) is 0 Å². The van der Waals surface area contributed by atoms with Crippen LogP contribution in [-0.2, 0) is 28.5 Å². The average Bonchev–Trinajstić information content (AvgIpc) is 3.48. The van der Waals surface area contributed by atoms with Crippen molar-refractivity contribution in [3.63, 3.8) is 0 Å². The van der Waals surface area contributed by atoms with Gasteiger partial charge in [-0.15, -0.1) is 4.83 Å². The molecule has 3 unspecified atom stereocenters. The average molecular weight is 689 g/mol. The highest BCUT2D eigenvalue weighted by molar-refractivity contribution is 7.39. The quantitative estimate of drug-likeness (QED) is 0.0387. The maximum atomic E-state index is 12.9. The lowest BCUT2D eigenvalue weighted by molar-refractivity contribution is -0.184. The number of hydroxylamine groups is 1. The van der Waals surface area contributed by atoms with Crippen LogP contribution in [0, 0.1) is 0 Å². The highest BCUT2D eigenvalue weighted by atomic mass is 31.1. The van der Waals surface area contributed by atoms with Gasteiger partial charge in [-0.05, 0) is 12.8 Å². The zero-order valence-electron chi connectivity index (χ0n) is 30.4. The largest absolute Gasteiger partial charge is 0.463 e. The highest BCUT2D eigenvalue weighted by Gasteiger charge is 2.29. The number of carbonyl (C=O) groups excluding carboxylic acids is 2. The van der Waals surface area contributed by atoms with E-state index in [1.54, 1.807) is 0 Å². The summed E-state index contributed by atoms with van der Waals surface area (Å²) in [7, 11) is -2.25. The minimum absolute atomic E-state index is 0.210. The number of unbranched alkanes of at least 4 members (excludes halogenated alkanes) is 23. The van der Waals surface area contributed by atoms with Crippen LogP contribution in [0.2, 0.25) is 0 Å². The van der Waals surface area contributed by atoms with Crippen molar-refractivity contribution in [3.8, 4) is 0 Å². The third kappa shape index (κ3) is 26.5. The fourth-order valence-electron chi connectivity index (χ4n) is 5.96. The second-order valence-corrected chi connectivity index (χ2v) is 15.0. The second-order valence-electron chi connectivity index (χ2n) is 13.6. The van der Waals surface area contributed by atoms with E-state index in [9.17, 15) is 19.3 Å². The molecule has 0 radical (unpaired) electrons. The highest BCUT2D eigenvalue weighted by Crippen LogP contribution is 2.29. The van der Waals surface area contributed by atoms with Crippen LogP contribution in [0.5, 0.6) is 0 Å². The third-order valence-electron chi connectivity index (χ3n) is 8.99. The fraction of sp³-hybridized carbons (Fsp3) is 0.946. The predicted molar refractivity (Wildman–Crippen MR) is 193 cm³/mol. The molecule has 1 aliphatic rings. The van der Waals surface area contributed by atoms with Crippen LogP contribution >= 0.6 is 8.10 Å². The summed E-state index contributed by atoms with van der Waals surface area (Å²) in [6.07, 6.45) is 29.7. The van der Waals surface area contributed by atoms with Gasteiger partial charge in [0.25, 0.3) is 0 Å². The molecule has 1 rings (SSSR count). The Kier molecular flexibility index (Phi) is 30.2. The number of carbonyl (C=O) groups is 2. The first-order valence-corrected chi connectivity index (χ1v) is 21.1. The molecule has 1 saturated heterocycles. The minimum Gasteiger partial charge on any atom is -0.463 e. The summed E-state index contributed by atoms with van der Waals surface area (Å²) >= 11 is 0. The molecular weight excluding hydrogens is 615 g/mol. The van der Waals surface area contributed by atoms with Gasteiger partial charge < -0.3 is 14.6 Å². The van der Waals surface area contributed by atoms with E-state index in [4.69, 9.17) is 14.3 Å². The Morgan fingerprint density at radius 3 is 1.53 bits per heavy atom. The molecule has 0 aromatic carbocycles. The van der Waals surface area contributed by atoms with Gasteiger partial charge in [-0.25, -0.2) is 4.79 Å². The summed E-state index contributed by atoms with van der Waals surface area (Å²) in [6.45, 7) is 4.99. The van der Waals surface area contributed by atoms with Gasteiger partial charge in [0, 0.05) is 19.5 Å². The first kappa shape index (κ1) is 44.0. The summed E-state index contributed by atoms with van der Waals surface area (Å²) in [5, 5.41) is 13.1. The SMILES string of the molecule is CCCCCCCCCCCCCCCC(=O)OCC(O)COC(=O)C(CCCCCCCCCCCCCC)ON1CCN[PH]1=O. The van der Waals surface area contributed by atoms with Crippen molar-refractivity contribution in [2.24, 2.45) is 0 Å². The molecular formula is C37H73N2O7P. The molecule has 0 saturated carbocycles. The second kappa shape index (κ2) is 32.2. The monoisotopic (exact) mass is 689 g/mol. The fourth-order valence-corrected chi connectivity index (χ4v) is 7.00. The number of rotatable bonds is 34. The molecule has 0 aromatic rings. The first-order chi connectivity index (χ1) is 23.0. The Balaban J connectivity index is 2.15. The van der Waals surface area contributed by atoms with Crippen molar-refractivity contribution < 1.29 is 33.6 Å². The molecule has 0 spiro atoms. The molecule has 0 aromatic heterocycles. The number of hydrogen-bond donors (Lipinski definition) is 2. The third-order valence-corrected chi connectivity index (χ3v) is 10.3. The van der Waals surface area contributed by atoms with Crippen molar-refractivity contribution in [1.82, 2.24) is 9.92 Å². The predicted octanol–water partition coefficient (Wildman–Crippen LogP) is 9.60. The standard InChI is InChI=1S/C37H73N2O7P/c1-3-5-7-9-11-13-15-17-19-21-23-25-27-29-36(41)44-32-34(40)33-45-37(42)35(46-39-31-30-38-47(39)43)28-26-24-22-20-18-16-14-12-10-8-6-4-2/h34-35,40,47H,3-33H2,1-2H3,(H,38,43). The Hall–Kier alpha value is -0.990. The number of aliphatic hydroxyl groups excluding tert-OH is 1. The van der Waals surface area contributed by atoms with Crippen molar-refractivity contribution in [3.05, 3.63) is 0 Å². The van der Waals surface area contributed by atoms with Gasteiger partial charge in [-0.1, -0.05) is 168 Å². The number of hydrogen-bond acceptors (Lipinski definition) is 7. The summed E-state index contributed by atoms with van der Waals surface area (Å²) in [5.41, 5.74) is 0. The lowest BCUT2D eigenvalue weighted by atomic mass is 10.0. The smallest absolute Gasteiger partial charge is 0.337 e. The molecule has 1 fully saturated rings. The van der Waals surface area contributed by atoms with Crippen molar-refractivity contribution in [2.45, 2.75) is 199 Å². The van der Waals surface area contributed by atoms with E-state index in [1.165, 1.54) is 127 Å². The van der Waals surface area contributed by atoms with Crippen LogP contribution in [0.4, 0.5) is 0 Å². The molecule has 1 heterocycles. The summed E-state index contributed by atoms with van der Waals surface area (Å²) in [5.74, 6) is -0.926. The van der Waals surface area contributed by atoms with Crippen LogP contribution in [0.15, 0.2) is 0 Å². The lowest BCUT2D eigenvalue weighted by Gasteiger charge is -2.22. The molecule has 10 heteroatoms. The number of ether oxygens (including phenoxy) is 2. The van der Waals surface area contributed by atoms with Crippen molar-refractivity contribution >= 4 is 20.0 Å². The van der Waals surface area contributed by atoms with E-state index in [0.717, 1.165) is 38.5 Å². The molecule has 0 aliphatic carbocycles. The van der Waals surface area contributed by atoms with Gasteiger partial charge in [-0.2, -0.15) is 0 Å². The van der Waals surface area contributed by atoms with Crippen LogP contribution < -0.4 is 5.09 Å². The van der Waals surface area contributed by atoms with E-state index < -0.39 is 26.3 Å². The van der Waals surface area contributed by atoms with Crippen LogP contribution in [0.3, 0.4) is 0 Å². The Bertz CT molecular complexity index is 773. The van der Waals surface area contributed by atoms with E-state index >= 15 is 0 Å². The number of nitrogens with one attached hydrogen (secondary N) is 1. The lowest BCUT2D eigenvalue weighted by Crippen LogP contribution is -2.34. The Morgan fingerprint density at radius 2 is 1.09 bits per heavy atom. The van der Waals surface area contributed by atoms with Gasteiger partial charge in [0.2, 0.25) is 8.10 Å². The number of nitrogens with zero attached hydrogens (tertiary/aromatic N) is 1. The molecule has 0 bridgehead atoms. The minimum atomic E-state index is -2.25. The van der Waals surface area contributed by atoms with E-state index in [1.807, 2.05) is 0 Å². The van der Waals surface area contributed by atoms with E-state index in [2.05, 4.69) is 18.9 Å². The summed E-state index contributed by atoms with van der Waals surface area (Å²) in [6, 6.07) is 0. The molecule has 1 aliphatic heterocycles. The molecule has 0 amide bonds. The van der Waals surface area contributed by atoms with Crippen LogP contribution in [0.1, 0.15) is 187 Å². The summed E-state index contributed by atoms with van der Waals surface area (Å²) < 4.78 is 22.7.